The van der Waals surface area contributed by atoms with Crippen LogP contribution in [-0.4, -0.2) is 62.9 Å². The van der Waals surface area contributed by atoms with E-state index >= 15 is 0 Å². The first kappa shape index (κ1) is 19.2. The van der Waals surface area contributed by atoms with E-state index in [0.29, 0.717) is 28.9 Å². The van der Waals surface area contributed by atoms with Crippen LogP contribution in [0.15, 0.2) is 18.2 Å². The Bertz CT molecular complexity index is 837. The number of morpholine rings is 1. The molecule has 1 aliphatic heterocycles. The van der Waals surface area contributed by atoms with Crippen LogP contribution < -0.4 is 15.0 Å². The number of esters is 1. The van der Waals surface area contributed by atoms with Crippen LogP contribution >= 0.6 is 0 Å². The molecule has 0 bridgehead atoms. The summed E-state index contributed by atoms with van der Waals surface area (Å²) in [4.78, 5) is 29.1. The third kappa shape index (κ3) is 4.06. The van der Waals surface area contributed by atoms with Crippen LogP contribution in [0, 0.1) is 0 Å². The van der Waals surface area contributed by atoms with Gasteiger partial charge < -0.3 is 29.4 Å². The number of hydrogen-bond acceptors (Lipinski definition) is 5. The van der Waals surface area contributed by atoms with Gasteiger partial charge in [-0.05, 0) is 26.0 Å². The zero-order chi connectivity index (χ0) is 19.6. The summed E-state index contributed by atoms with van der Waals surface area (Å²) in [6.45, 7) is 5.83. The molecule has 1 amide bonds. The quantitative estimate of drug-likeness (QED) is 0.664. The number of hydrogen-bond donors (Lipinski definition) is 3. The highest BCUT2D eigenvalue weighted by Gasteiger charge is 2.29. The number of amides is 1. The van der Waals surface area contributed by atoms with Gasteiger partial charge in [-0.1, -0.05) is 6.07 Å². The van der Waals surface area contributed by atoms with E-state index in [1.165, 1.54) is 7.11 Å². The molecule has 0 aliphatic carbocycles. The van der Waals surface area contributed by atoms with Crippen molar-refractivity contribution in [3.8, 4) is 5.75 Å². The fourth-order valence-electron chi connectivity index (χ4n) is 3.71. The van der Waals surface area contributed by atoms with Gasteiger partial charge in [0.05, 0.1) is 30.8 Å². The monoisotopic (exact) mass is 376 g/mol. The van der Waals surface area contributed by atoms with Crippen LogP contribution in [0.25, 0.3) is 10.9 Å². The number of fused-ring (bicyclic) bond motifs is 1. The lowest BCUT2D eigenvalue weighted by molar-refractivity contribution is -0.907. The smallest absolute Gasteiger partial charge is 0.356 e. The second kappa shape index (κ2) is 7.98. The maximum atomic E-state index is 12.7. The minimum atomic E-state index is -0.551. The SMILES string of the molecule is COC(=O)c1[nH]c2cccc(OC)c2c1NC(=O)C[NH+]1C[C@H](C)O[C@@H](C)C1. The molecule has 3 rings (SSSR count). The number of carbonyl (C=O) groups excluding carboxylic acids is 2. The normalized spacial score (nSPS) is 22.4. The molecule has 8 nitrogen and oxygen atoms in total. The number of carbonyl (C=O) groups is 2. The van der Waals surface area contributed by atoms with E-state index in [2.05, 4.69) is 10.3 Å². The summed E-state index contributed by atoms with van der Waals surface area (Å²) in [5, 5.41) is 3.53. The Balaban J connectivity index is 1.88. The number of quaternary nitrogens is 1. The molecule has 1 saturated heterocycles. The minimum absolute atomic E-state index is 0.107. The molecule has 146 valence electrons. The molecule has 8 heteroatoms. The third-order valence-electron chi connectivity index (χ3n) is 4.69. The summed E-state index contributed by atoms with van der Waals surface area (Å²) in [5.74, 6) is -0.164. The Kier molecular flexibility index (Phi) is 5.67. The fraction of sp³-hybridized carbons (Fsp3) is 0.474. The molecule has 0 spiro atoms. The predicted molar refractivity (Wildman–Crippen MR) is 100 cm³/mol. The molecule has 0 saturated carbocycles. The third-order valence-corrected chi connectivity index (χ3v) is 4.69. The number of methoxy groups -OCH3 is 2. The van der Waals surface area contributed by atoms with Crippen LogP contribution in [0.1, 0.15) is 24.3 Å². The molecule has 27 heavy (non-hydrogen) atoms. The van der Waals surface area contributed by atoms with E-state index in [9.17, 15) is 9.59 Å². The molecule has 2 atom stereocenters. The molecule has 2 heterocycles. The molecule has 2 aromatic rings. The van der Waals surface area contributed by atoms with Crippen LogP contribution in [-0.2, 0) is 14.3 Å². The van der Waals surface area contributed by atoms with Crippen molar-refractivity contribution in [2.45, 2.75) is 26.1 Å². The highest BCUT2D eigenvalue weighted by molar-refractivity contribution is 6.13. The van der Waals surface area contributed by atoms with Crippen molar-refractivity contribution in [2.75, 3.05) is 39.2 Å². The van der Waals surface area contributed by atoms with Crippen LogP contribution in [0.5, 0.6) is 5.75 Å². The molecule has 1 fully saturated rings. The molecular weight excluding hydrogens is 350 g/mol. The number of benzene rings is 1. The molecule has 0 unspecified atom stereocenters. The Morgan fingerprint density at radius 3 is 2.59 bits per heavy atom. The zero-order valence-electron chi connectivity index (χ0n) is 16.0. The van der Waals surface area contributed by atoms with Crippen molar-refractivity contribution >= 4 is 28.5 Å². The second-order valence-electron chi connectivity index (χ2n) is 6.89. The van der Waals surface area contributed by atoms with E-state index < -0.39 is 5.97 Å². The van der Waals surface area contributed by atoms with Gasteiger partial charge in [0.15, 0.2) is 6.54 Å². The standard InChI is InChI=1S/C19H25N3O5/c1-11-8-22(9-12(2)27-11)10-15(23)21-17-16-13(6-5-7-14(16)25-3)20-18(17)19(24)26-4/h5-7,11-12,20H,8-10H2,1-4H3,(H,21,23)/p+1/t11-,12-/m0/s1. The van der Waals surface area contributed by atoms with E-state index in [-0.39, 0.29) is 23.8 Å². The number of aromatic amines is 1. The van der Waals surface area contributed by atoms with Crippen LogP contribution in [0.4, 0.5) is 5.69 Å². The number of nitrogens with one attached hydrogen (secondary N) is 3. The molecule has 0 radical (unpaired) electrons. The van der Waals surface area contributed by atoms with E-state index in [0.717, 1.165) is 18.0 Å². The first-order valence-corrected chi connectivity index (χ1v) is 8.98. The molecular formula is C19H26N3O5+. The van der Waals surface area contributed by atoms with Crippen molar-refractivity contribution < 1.29 is 28.7 Å². The summed E-state index contributed by atoms with van der Waals surface area (Å²) in [6.07, 6.45) is 0.214. The number of aromatic nitrogens is 1. The minimum Gasteiger partial charge on any atom is -0.496 e. The summed E-state index contributed by atoms with van der Waals surface area (Å²) in [7, 11) is 2.85. The maximum Gasteiger partial charge on any atom is 0.356 e. The van der Waals surface area contributed by atoms with Gasteiger partial charge >= 0.3 is 5.97 Å². The second-order valence-corrected chi connectivity index (χ2v) is 6.89. The van der Waals surface area contributed by atoms with Gasteiger partial charge in [-0.15, -0.1) is 0 Å². The Morgan fingerprint density at radius 2 is 1.96 bits per heavy atom. The number of anilines is 1. The molecule has 1 aromatic carbocycles. The van der Waals surface area contributed by atoms with Gasteiger partial charge in [0, 0.05) is 0 Å². The Hall–Kier alpha value is -2.58. The van der Waals surface area contributed by atoms with Crippen molar-refractivity contribution in [3.05, 3.63) is 23.9 Å². The van der Waals surface area contributed by atoms with Crippen LogP contribution in [0.2, 0.25) is 0 Å². The highest BCUT2D eigenvalue weighted by Crippen LogP contribution is 2.35. The maximum absolute atomic E-state index is 12.7. The highest BCUT2D eigenvalue weighted by atomic mass is 16.5. The van der Waals surface area contributed by atoms with Gasteiger partial charge in [-0.3, -0.25) is 4.79 Å². The van der Waals surface area contributed by atoms with Crippen molar-refractivity contribution in [3.63, 3.8) is 0 Å². The van der Waals surface area contributed by atoms with Gasteiger partial charge in [0.1, 0.15) is 36.7 Å². The van der Waals surface area contributed by atoms with Crippen LogP contribution in [0.3, 0.4) is 0 Å². The van der Waals surface area contributed by atoms with Gasteiger partial charge in [-0.2, -0.15) is 0 Å². The average Bonchev–Trinajstić information content (AvgIpc) is 2.98. The van der Waals surface area contributed by atoms with Gasteiger partial charge in [0.2, 0.25) is 0 Å². The summed E-state index contributed by atoms with van der Waals surface area (Å²) >= 11 is 0. The molecule has 3 N–H and O–H groups in total. The number of rotatable bonds is 5. The molecule has 1 aliphatic rings. The predicted octanol–water partition coefficient (Wildman–Crippen LogP) is 0.594. The lowest BCUT2D eigenvalue weighted by Gasteiger charge is -2.31. The lowest BCUT2D eigenvalue weighted by atomic mass is 10.2. The number of H-pyrrole nitrogens is 1. The Labute approximate surface area is 157 Å². The van der Waals surface area contributed by atoms with Crippen molar-refractivity contribution in [2.24, 2.45) is 0 Å². The Morgan fingerprint density at radius 1 is 1.26 bits per heavy atom. The summed E-state index contributed by atoms with van der Waals surface area (Å²) < 4.78 is 16.0. The lowest BCUT2D eigenvalue weighted by Crippen LogP contribution is -3.16. The topological polar surface area (TPSA) is 94.1 Å². The van der Waals surface area contributed by atoms with Crippen molar-refractivity contribution in [1.29, 1.82) is 0 Å². The zero-order valence-corrected chi connectivity index (χ0v) is 16.0. The fourth-order valence-corrected chi connectivity index (χ4v) is 3.71. The van der Waals surface area contributed by atoms with E-state index in [4.69, 9.17) is 14.2 Å². The first-order valence-electron chi connectivity index (χ1n) is 8.98. The summed E-state index contributed by atoms with van der Waals surface area (Å²) in [5.41, 5.74) is 1.27. The summed E-state index contributed by atoms with van der Waals surface area (Å²) in [6, 6.07) is 5.41. The average molecular weight is 376 g/mol. The van der Waals surface area contributed by atoms with Gasteiger partial charge in [-0.25, -0.2) is 4.79 Å². The molecule has 1 aromatic heterocycles. The van der Waals surface area contributed by atoms with Gasteiger partial charge in [0.25, 0.3) is 5.91 Å². The largest absolute Gasteiger partial charge is 0.496 e. The number of ether oxygens (including phenoxy) is 3. The van der Waals surface area contributed by atoms with Crippen molar-refractivity contribution in [1.82, 2.24) is 4.98 Å². The van der Waals surface area contributed by atoms with E-state index in [1.807, 2.05) is 26.0 Å². The van der Waals surface area contributed by atoms with E-state index in [1.54, 1.807) is 13.2 Å². The first-order chi connectivity index (χ1) is 12.9.